The van der Waals surface area contributed by atoms with Crippen molar-refractivity contribution in [2.24, 2.45) is 5.92 Å². The molecule has 0 aliphatic heterocycles. The summed E-state index contributed by atoms with van der Waals surface area (Å²) in [6, 6.07) is 5.21. The van der Waals surface area contributed by atoms with Crippen molar-refractivity contribution >= 4 is 23.4 Å². The van der Waals surface area contributed by atoms with E-state index < -0.39 is 34.5 Å². The van der Waals surface area contributed by atoms with E-state index in [9.17, 15) is 24.5 Å². The molecule has 26 heavy (non-hydrogen) atoms. The Balaban J connectivity index is 3.42. The maximum absolute atomic E-state index is 12.3. The van der Waals surface area contributed by atoms with Crippen molar-refractivity contribution in [2.45, 2.75) is 26.7 Å². The zero-order valence-corrected chi connectivity index (χ0v) is 14.9. The van der Waals surface area contributed by atoms with Crippen LogP contribution in [0.2, 0.25) is 0 Å². The number of ether oxygens (including phenoxy) is 2. The summed E-state index contributed by atoms with van der Waals surface area (Å²) in [4.78, 5) is 46.8. The van der Waals surface area contributed by atoms with E-state index in [0.717, 1.165) is 0 Å². The molecule has 0 aliphatic rings. The zero-order valence-electron chi connectivity index (χ0n) is 14.9. The van der Waals surface area contributed by atoms with Gasteiger partial charge in [-0.25, -0.2) is 4.79 Å². The summed E-state index contributed by atoms with van der Waals surface area (Å²) >= 11 is 0. The molecule has 1 aromatic rings. The SMILES string of the molecule is C=C(C(=O)OCC)C(c1ccc([N+](=O)[O-])cc1)C(C(C)=O)C(=O)OCC. The predicted molar refractivity (Wildman–Crippen MR) is 92.4 cm³/mol. The molecule has 8 heteroatoms. The van der Waals surface area contributed by atoms with Gasteiger partial charge in [-0.05, 0) is 26.3 Å². The van der Waals surface area contributed by atoms with Crippen LogP contribution >= 0.6 is 0 Å². The summed E-state index contributed by atoms with van der Waals surface area (Å²) in [5, 5.41) is 10.8. The van der Waals surface area contributed by atoms with Crippen LogP contribution in [-0.2, 0) is 23.9 Å². The van der Waals surface area contributed by atoms with Crippen LogP contribution in [0.3, 0.4) is 0 Å². The van der Waals surface area contributed by atoms with E-state index in [2.05, 4.69) is 6.58 Å². The predicted octanol–water partition coefficient (Wildman–Crippen LogP) is 2.57. The zero-order chi connectivity index (χ0) is 19.9. The highest BCUT2D eigenvalue weighted by molar-refractivity contribution is 6.02. The highest BCUT2D eigenvalue weighted by Crippen LogP contribution is 2.34. The molecule has 0 N–H and O–H groups in total. The number of hydrogen-bond acceptors (Lipinski definition) is 7. The fourth-order valence-corrected chi connectivity index (χ4v) is 2.52. The van der Waals surface area contributed by atoms with Crippen molar-refractivity contribution < 1.29 is 28.8 Å². The molecule has 0 heterocycles. The number of benzene rings is 1. The molecule has 140 valence electrons. The number of carbonyl (C=O) groups is 3. The first kappa shape index (κ1) is 21.0. The van der Waals surface area contributed by atoms with Gasteiger partial charge in [-0.15, -0.1) is 0 Å². The summed E-state index contributed by atoms with van der Waals surface area (Å²) < 4.78 is 9.89. The van der Waals surface area contributed by atoms with Crippen molar-refractivity contribution in [3.8, 4) is 0 Å². The van der Waals surface area contributed by atoms with Gasteiger partial charge in [-0.1, -0.05) is 18.7 Å². The number of carbonyl (C=O) groups excluding carboxylic acids is 3. The van der Waals surface area contributed by atoms with Crippen LogP contribution in [-0.4, -0.2) is 35.9 Å². The minimum atomic E-state index is -1.31. The maximum Gasteiger partial charge on any atom is 0.334 e. The molecule has 1 aromatic carbocycles. The second-order valence-electron chi connectivity index (χ2n) is 5.41. The summed E-state index contributed by atoms with van der Waals surface area (Å²) in [7, 11) is 0. The number of ketones is 1. The molecule has 0 radical (unpaired) electrons. The quantitative estimate of drug-likeness (QED) is 0.218. The topological polar surface area (TPSA) is 113 Å². The Bertz CT molecular complexity index is 709. The first-order valence-corrected chi connectivity index (χ1v) is 8.01. The van der Waals surface area contributed by atoms with Crippen LogP contribution in [0.15, 0.2) is 36.4 Å². The Hall–Kier alpha value is -3.03. The van der Waals surface area contributed by atoms with Crippen LogP contribution in [0.25, 0.3) is 0 Å². The van der Waals surface area contributed by atoms with Gasteiger partial charge in [-0.3, -0.25) is 19.7 Å². The summed E-state index contributed by atoms with van der Waals surface area (Å²) in [6.45, 7) is 8.25. The molecule has 8 nitrogen and oxygen atoms in total. The molecule has 2 unspecified atom stereocenters. The minimum Gasteiger partial charge on any atom is -0.465 e. The van der Waals surface area contributed by atoms with Gasteiger partial charge in [0.15, 0.2) is 0 Å². The number of nitrogens with zero attached hydrogens (tertiary/aromatic N) is 1. The van der Waals surface area contributed by atoms with Crippen molar-refractivity contribution in [3.63, 3.8) is 0 Å². The number of nitro groups is 1. The van der Waals surface area contributed by atoms with Gasteiger partial charge in [0.2, 0.25) is 0 Å². The first-order chi connectivity index (χ1) is 12.2. The minimum absolute atomic E-state index is 0.0570. The second kappa shape index (κ2) is 9.45. The summed E-state index contributed by atoms with van der Waals surface area (Å²) in [5.74, 6) is -4.43. The number of rotatable bonds is 9. The molecule has 0 saturated carbocycles. The van der Waals surface area contributed by atoms with E-state index in [1.54, 1.807) is 13.8 Å². The molecule has 0 amide bonds. The molecular formula is C18H21NO7. The van der Waals surface area contributed by atoms with Crippen molar-refractivity contribution in [1.82, 2.24) is 0 Å². The Labute approximate surface area is 150 Å². The average Bonchev–Trinajstić information content (AvgIpc) is 2.59. The Morgan fingerprint density at radius 1 is 1.12 bits per heavy atom. The first-order valence-electron chi connectivity index (χ1n) is 8.01. The lowest BCUT2D eigenvalue weighted by Gasteiger charge is -2.25. The average molecular weight is 363 g/mol. The van der Waals surface area contributed by atoms with Crippen LogP contribution in [0.1, 0.15) is 32.3 Å². The lowest BCUT2D eigenvalue weighted by atomic mass is 9.79. The van der Waals surface area contributed by atoms with Gasteiger partial charge in [0.05, 0.1) is 18.1 Å². The molecule has 0 saturated heterocycles. The third-order valence-corrected chi connectivity index (χ3v) is 3.69. The van der Waals surface area contributed by atoms with Gasteiger partial charge in [0.25, 0.3) is 5.69 Å². The molecule has 0 bridgehead atoms. The largest absolute Gasteiger partial charge is 0.465 e. The third kappa shape index (κ3) is 4.98. The maximum atomic E-state index is 12.3. The fraction of sp³-hybridized carbons (Fsp3) is 0.389. The molecule has 0 aliphatic carbocycles. The van der Waals surface area contributed by atoms with Crippen LogP contribution in [0.4, 0.5) is 5.69 Å². The highest BCUT2D eigenvalue weighted by atomic mass is 16.6. The van der Waals surface area contributed by atoms with Crippen molar-refractivity contribution in [1.29, 1.82) is 0 Å². The Morgan fingerprint density at radius 3 is 2.08 bits per heavy atom. The smallest absolute Gasteiger partial charge is 0.334 e. The van der Waals surface area contributed by atoms with Crippen LogP contribution in [0, 0.1) is 16.0 Å². The lowest BCUT2D eigenvalue weighted by molar-refractivity contribution is -0.384. The number of nitro benzene ring substituents is 1. The molecule has 1 rings (SSSR count). The number of Topliss-reactive ketones (excluding diaryl/α,β-unsaturated/α-hetero) is 1. The summed E-state index contributed by atoms with van der Waals surface area (Å²) in [5.41, 5.74) is 0.0839. The van der Waals surface area contributed by atoms with E-state index in [1.165, 1.54) is 31.2 Å². The number of esters is 2. The monoisotopic (exact) mass is 363 g/mol. The van der Waals surface area contributed by atoms with Gasteiger partial charge in [-0.2, -0.15) is 0 Å². The normalized spacial score (nSPS) is 12.6. The second-order valence-corrected chi connectivity index (χ2v) is 5.41. The Morgan fingerprint density at radius 2 is 1.65 bits per heavy atom. The molecular weight excluding hydrogens is 342 g/mol. The lowest BCUT2D eigenvalue weighted by Crippen LogP contribution is -2.33. The number of hydrogen-bond donors (Lipinski definition) is 0. The number of non-ortho nitro benzene ring substituents is 1. The molecule has 0 fully saturated rings. The molecule has 2 atom stereocenters. The van der Waals surface area contributed by atoms with Gasteiger partial charge < -0.3 is 9.47 Å². The van der Waals surface area contributed by atoms with E-state index in [-0.39, 0.29) is 24.5 Å². The van der Waals surface area contributed by atoms with E-state index in [1.807, 2.05) is 0 Å². The molecule has 0 aromatic heterocycles. The van der Waals surface area contributed by atoms with Gasteiger partial charge >= 0.3 is 11.9 Å². The van der Waals surface area contributed by atoms with Crippen LogP contribution in [0.5, 0.6) is 0 Å². The highest BCUT2D eigenvalue weighted by Gasteiger charge is 2.39. The Kier molecular flexibility index (Phi) is 7.64. The summed E-state index contributed by atoms with van der Waals surface area (Å²) in [6.07, 6.45) is 0. The van der Waals surface area contributed by atoms with Gasteiger partial charge in [0.1, 0.15) is 11.7 Å². The molecule has 0 spiro atoms. The fourth-order valence-electron chi connectivity index (χ4n) is 2.52. The van der Waals surface area contributed by atoms with E-state index >= 15 is 0 Å². The van der Waals surface area contributed by atoms with E-state index in [4.69, 9.17) is 9.47 Å². The van der Waals surface area contributed by atoms with E-state index in [0.29, 0.717) is 5.56 Å². The van der Waals surface area contributed by atoms with Crippen molar-refractivity contribution in [2.75, 3.05) is 13.2 Å². The third-order valence-electron chi connectivity index (χ3n) is 3.69. The standard InChI is InChI=1S/C18H21NO7/c1-5-25-17(21)11(3)15(16(12(4)20)18(22)26-6-2)13-7-9-14(10-8-13)19(23)24/h7-10,15-16H,3,5-6H2,1-2,4H3. The van der Waals surface area contributed by atoms with Crippen LogP contribution < -0.4 is 0 Å². The van der Waals surface area contributed by atoms with Gasteiger partial charge in [0, 0.05) is 23.6 Å². The van der Waals surface area contributed by atoms with Crippen molar-refractivity contribution in [3.05, 3.63) is 52.1 Å².